The van der Waals surface area contributed by atoms with E-state index in [-0.39, 0.29) is 6.10 Å². The van der Waals surface area contributed by atoms with Crippen LogP contribution in [0.25, 0.3) is 0 Å². The van der Waals surface area contributed by atoms with E-state index in [1.54, 1.807) is 0 Å². The van der Waals surface area contributed by atoms with Gasteiger partial charge in [0, 0.05) is 25.3 Å². The summed E-state index contributed by atoms with van der Waals surface area (Å²) in [5.74, 6) is 0.785. The number of aliphatic hydroxyl groups is 1. The first-order chi connectivity index (χ1) is 10.1. The van der Waals surface area contributed by atoms with Gasteiger partial charge in [-0.3, -0.25) is 0 Å². The van der Waals surface area contributed by atoms with Crippen molar-refractivity contribution in [3.05, 3.63) is 35.9 Å². The van der Waals surface area contributed by atoms with Crippen molar-refractivity contribution in [3.63, 3.8) is 0 Å². The van der Waals surface area contributed by atoms with Crippen molar-refractivity contribution >= 4 is 0 Å². The summed E-state index contributed by atoms with van der Waals surface area (Å²) in [7, 11) is 0. The zero-order valence-electron chi connectivity index (χ0n) is 13.3. The lowest BCUT2D eigenvalue weighted by atomic mass is 9.92. The molecule has 0 saturated carbocycles. The molecule has 1 aliphatic heterocycles. The lowest BCUT2D eigenvalue weighted by Crippen LogP contribution is -2.37. The minimum atomic E-state index is -0.385. The van der Waals surface area contributed by atoms with Gasteiger partial charge in [0.25, 0.3) is 0 Å². The molecule has 2 N–H and O–H groups in total. The van der Waals surface area contributed by atoms with E-state index in [2.05, 4.69) is 19.2 Å². The fourth-order valence-electron chi connectivity index (χ4n) is 3.25. The largest absolute Gasteiger partial charge is 0.388 e. The van der Waals surface area contributed by atoms with Gasteiger partial charge in [0.05, 0.1) is 6.10 Å². The molecule has 0 aromatic heterocycles. The normalized spacial score (nSPS) is 20.9. The summed E-state index contributed by atoms with van der Waals surface area (Å²) in [6.07, 6.45) is 3.95. The van der Waals surface area contributed by atoms with Gasteiger partial charge in [0.1, 0.15) is 0 Å². The van der Waals surface area contributed by atoms with Gasteiger partial charge in [0.15, 0.2) is 0 Å². The number of aliphatic hydroxyl groups excluding tert-OH is 1. The van der Waals surface area contributed by atoms with Crippen LogP contribution in [0.2, 0.25) is 0 Å². The second-order valence-electron chi connectivity index (χ2n) is 6.42. The highest BCUT2D eigenvalue weighted by molar-refractivity contribution is 5.17. The molecule has 118 valence electrons. The van der Waals surface area contributed by atoms with Crippen LogP contribution < -0.4 is 5.32 Å². The van der Waals surface area contributed by atoms with Crippen LogP contribution in [0.5, 0.6) is 0 Å². The van der Waals surface area contributed by atoms with E-state index in [0.717, 1.165) is 31.1 Å². The molecule has 1 aliphatic rings. The standard InChI is InChI=1S/C18H29NO2/c1-14(12-16-8-10-21-11-9-16)19-15(2)13-18(20)17-6-4-3-5-7-17/h3-7,14-16,18-20H,8-13H2,1-2H3. The Labute approximate surface area is 128 Å². The van der Waals surface area contributed by atoms with Crippen molar-refractivity contribution in [2.45, 2.75) is 57.7 Å². The van der Waals surface area contributed by atoms with E-state index in [1.807, 2.05) is 30.3 Å². The van der Waals surface area contributed by atoms with Crippen LogP contribution in [0.15, 0.2) is 30.3 Å². The third kappa shape index (κ3) is 5.77. The number of hydrogen-bond donors (Lipinski definition) is 2. The molecule has 1 aromatic carbocycles. The molecule has 21 heavy (non-hydrogen) atoms. The third-order valence-electron chi connectivity index (χ3n) is 4.36. The average Bonchev–Trinajstić information content (AvgIpc) is 2.48. The molecule has 0 aliphatic carbocycles. The number of benzene rings is 1. The molecule has 1 saturated heterocycles. The van der Waals surface area contributed by atoms with Gasteiger partial charge in [-0.2, -0.15) is 0 Å². The van der Waals surface area contributed by atoms with Gasteiger partial charge in [-0.05, 0) is 51.0 Å². The van der Waals surface area contributed by atoms with Gasteiger partial charge in [-0.25, -0.2) is 0 Å². The Balaban J connectivity index is 1.71. The predicted octanol–water partition coefficient (Wildman–Crippen LogP) is 3.29. The minimum Gasteiger partial charge on any atom is -0.388 e. The number of rotatable bonds is 7. The van der Waals surface area contributed by atoms with Crippen LogP contribution >= 0.6 is 0 Å². The first-order valence-corrected chi connectivity index (χ1v) is 8.22. The Kier molecular flexibility index (Phi) is 6.68. The minimum absolute atomic E-state index is 0.315. The van der Waals surface area contributed by atoms with E-state index in [4.69, 9.17) is 4.74 Å². The quantitative estimate of drug-likeness (QED) is 0.810. The summed E-state index contributed by atoms with van der Waals surface area (Å²) in [6, 6.07) is 10.7. The molecule has 1 aromatic rings. The topological polar surface area (TPSA) is 41.5 Å². The molecule has 3 atom stereocenters. The van der Waals surface area contributed by atoms with Crippen molar-refractivity contribution in [1.82, 2.24) is 5.32 Å². The summed E-state index contributed by atoms with van der Waals surface area (Å²) in [6.45, 7) is 6.24. The van der Waals surface area contributed by atoms with Crippen molar-refractivity contribution in [1.29, 1.82) is 0 Å². The van der Waals surface area contributed by atoms with Crippen LogP contribution in [0, 0.1) is 5.92 Å². The van der Waals surface area contributed by atoms with Crippen molar-refractivity contribution in [2.75, 3.05) is 13.2 Å². The van der Waals surface area contributed by atoms with Crippen LogP contribution in [-0.4, -0.2) is 30.4 Å². The van der Waals surface area contributed by atoms with Gasteiger partial charge in [-0.15, -0.1) is 0 Å². The van der Waals surface area contributed by atoms with Gasteiger partial charge >= 0.3 is 0 Å². The maximum atomic E-state index is 10.3. The Hall–Kier alpha value is -0.900. The van der Waals surface area contributed by atoms with Crippen LogP contribution in [0.4, 0.5) is 0 Å². The van der Waals surface area contributed by atoms with Crippen LogP contribution in [0.3, 0.4) is 0 Å². The van der Waals surface area contributed by atoms with Gasteiger partial charge in [0.2, 0.25) is 0 Å². The number of ether oxygens (including phenoxy) is 1. The number of nitrogens with one attached hydrogen (secondary N) is 1. The Morgan fingerprint density at radius 3 is 2.48 bits per heavy atom. The number of hydrogen-bond acceptors (Lipinski definition) is 3. The fraction of sp³-hybridized carbons (Fsp3) is 0.667. The van der Waals surface area contributed by atoms with E-state index in [1.165, 1.54) is 19.3 Å². The zero-order chi connectivity index (χ0) is 15.1. The third-order valence-corrected chi connectivity index (χ3v) is 4.36. The highest BCUT2D eigenvalue weighted by atomic mass is 16.5. The molecule has 3 unspecified atom stereocenters. The summed E-state index contributed by atoms with van der Waals surface area (Å²) in [5, 5.41) is 13.9. The summed E-state index contributed by atoms with van der Waals surface area (Å²) in [5.41, 5.74) is 1.00. The molecule has 0 bridgehead atoms. The van der Waals surface area contributed by atoms with Crippen molar-refractivity contribution < 1.29 is 9.84 Å². The summed E-state index contributed by atoms with van der Waals surface area (Å²) in [4.78, 5) is 0. The highest BCUT2D eigenvalue weighted by Gasteiger charge is 2.19. The summed E-state index contributed by atoms with van der Waals surface area (Å²) >= 11 is 0. The monoisotopic (exact) mass is 291 g/mol. The summed E-state index contributed by atoms with van der Waals surface area (Å²) < 4.78 is 5.41. The highest BCUT2D eigenvalue weighted by Crippen LogP contribution is 2.21. The predicted molar refractivity (Wildman–Crippen MR) is 86.2 cm³/mol. The van der Waals surface area contributed by atoms with E-state index >= 15 is 0 Å². The Morgan fingerprint density at radius 2 is 1.81 bits per heavy atom. The second-order valence-corrected chi connectivity index (χ2v) is 6.42. The second kappa shape index (κ2) is 8.52. The molecule has 3 nitrogen and oxygen atoms in total. The maximum absolute atomic E-state index is 10.3. The molecule has 2 rings (SSSR count). The Morgan fingerprint density at radius 1 is 1.14 bits per heavy atom. The van der Waals surface area contributed by atoms with E-state index in [0.29, 0.717) is 12.1 Å². The molecule has 0 radical (unpaired) electrons. The van der Waals surface area contributed by atoms with Crippen molar-refractivity contribution in [3.8, 4) is 0 Å². The van der Waals surface area contributed by atoms with Crippen LogP contribution in [-0.2, 0) is 4.74 Å². The molecule has 0 amide bonds. The lowest BCUT2D eigenvalue weighted by Gasteiger charge is -2.28. The molecule has 1 heterocycles. The first kappa shape index (κ1) is 16.5. The molecule has 0 spiro atoms. The van der Waals surface area contributed by atoms with E-state index < -0.39 is 0 Å². The van der Waals surface area contributed by atoms with Gasteiger partial charge in [-0.1, -0.05) is 30.3 Å². The lowest BCUT2D eigenvalue weighted by molar-refractivity contribution is 0.0604. The molecule has 1 fully saturated rings. The average molecular weight is 291 g/mol. The van der Waals surface area contributed by atoms with Gasteiger partial charge < -0.3 is 15.2 Å². The fourth-order valence-corrected chi connectivity index (χ4v) is 3.25. The SMILES string of the molecule is CC(CC1CCOCC1)NC(C)CC(O)c1ccccc1. The van der Waals surface area contributed by atoms with Crippen LogP contribution in [0.1, 0.15) is 51.2 Å². The first-order valence-electron chi connectivity index (χ1n) is 8.22. The smallest absolute Gasteiger partial charge is 0.0804 e. The zero-order valence-corrected chi connectivity index (χ0v) is 13.3. The van der Waals surface area contributed by atoms with Crippen molar-refractivity contribution in [2.24, 2.45) is 5.92 Å². The molecular weight excluding hydrogens is 262 g/mol. The molecular formula is C18H29NO2. The van der Waals surface area contributed by atoms with E-state index in [9.17, 15) is 5.11 Å². The Bertz CT molecular complexity index is 389. The molecule has 3 heteroatoms. The maximum Gasteiger partial charge on any atom is 0.0804 e.